The van der Waals surface area contributed by atoms with E-state index in [-0.39, 0.29) is 12.5 Å². The Kier molecular flexibility index (Phi) is 6.38. The van der Waals surface area contributed by atoms with Crippen LogP contribution in [0.5, 0.6) is 5.75 Å². The fraction of sp³-hybridized carbons (Fsp3) is 0.562. The Bertz CT molecular complexity index is 561. The molecular formula is C16H22Cl2N4O3. The van der Waals surface area contributed by atoms with Crippen molar-refractivity contribution in [2.45, 2.75) is 5.88 Å². The van der Waals surface area contributed by atoms with Gasteiger partial charge in [-0.15, -0.1) is 11.6 Å². The Morgan fingerprint density at radius 2 is 1.56 bits per heavy atom. The Balaban J connectivity index is 0.000000155. The van der Waals surface area contributed by atoms with E-state index in [1.54, 1.807) is 18.2 Å². The molecule has 1 aromatic carbocycles. The van der Waals surface area contributed by atoms with E-state index < -0.39 is 5.97 Å². The van der Waals surface area contributed by atoms with E-state index in [0.29, 0.717) is 10.8 Å². The van der Waals surface area contributed by atoms with Crippen LogP contribution in [0.3, 0.4) is 0 Å². The van der Waals surface area contributed by atoms with Gasteiger partial charge in [-0.1, -0.05) is 11.6 Å². The van der Waals surface area contributed by atoms with Crippen LogP contribution in [0, 0.1) is 0 Å². The lowest BCUT2D eigenvalue weighted by atomic mass is 10.2. The number of rotatable bonds is 4. The largest absolute Gasteiger partial charge is 0.482 e. The highest BCUT2D eigenvalue weighted by Gasteiger charge is 2.36. The van der Waals surface area contributed by atoms with Crippen LogP contribution in [-0.4, -0.2) is 79.3 Å². The summed E-state index contributed by atoms with van der Waals surface area (Å²) in [4.78, 5) is 20.7. The summed E-state index contributed by atoms with van der Waals surface area (Å²) in [6, 6.07) is 5.04. The minimum atomic E-state index is -0.439. The Morgan fingerprint density at radius 3 is 2.00 bits per heavy atom. The number of nitrogens with zero attached hydrogens (tertiary/aromatic N) is 4. The summed E-state index contributed by atoms with van der Waals surface area (Å²) < 4.78 is 9.66. The predicted molar refractivity (Wildman–Crippen MR) is 95.1 cm³/mol. The standard InChI is InChI=1S/C10H10Cl2O3.C6H12N4/c1-14-10(13)6-15-9-3-2-8(12)4-7(9)5-11;1-7-2-9-4-8(1)5-10(3-7)6-9/h2-4H,5-6H2,1H3;1-6H2. The van der Waals surface area contributed by atoms with Gasteiger partial charge in [-0.25, -0.2) is 4.79 Å². The summed E-state index contributed by atoms with van der Waals surface area (Å²) in [5.41, 5.74) is 0.744. The number of benzene rings is 1. The third-order valence-corrected chi connectivity index (χ3v) is 4.66. The minimum absolute atomic E-state index is 0.137. The summed E-state index contributed by atoms with van der Waals surface area (Å²) in [6.07, 6.45) is 0. The molecule has 0 N–H and O–H groups in total. The number of alkyl halides is 1. The number of halogens is 2. The van der Waals surface area contributed by atoms with Gasteiger partial charge in [-0.3, -0.25) is 19.6 Å². The quantitative estimate of drug-likeness (QED) is 0.573. The van der Waals surface area contributed by atoms with E-state index in [4.69, 9.17) is 27.9 Å². The molecule has 4 saturated heterocycles. The Morgan fingerprint density at radius 1 is 1.04 bits per heavy atom. The van der Waals surface area contributed by atoms with Crippen molar-refractivity contribution in [3.8, 4) is 5.75 Å². The van der Waals surface area contributed by atoms with Crippen molar-refractivity contribution in [1.29, 1.82) is 0 Å². The first-order valence-corrected chi connectivity index (χ1v) is 8.92. The summed E-state index contributed by atoms with van der Waals surface area (Å²) in [6.45, 7) is 6.99. The zero-order chi connectivity index (χ0) is 17.8. The molecule has 5 rings (SSSR count). The third kappa shape index (κ3) is 4.97. The fourth-order valence-corrected chi connectivity index (χ4v) is 3.63. The first-order chi connectivity index (χ1) is 12.1. The molecule has 0 spiro atoms. The molecule has 0 aromatic heterocycles. The van der Waals surface area contributed by atoms with Crippen LogP contribution in [0.25, 0.3) is 0 Å². The van der Waals surface area contributed by atoms with Crippen LogP contribution in [0.15, 0.2) is 18.2 Å². The number of methoxy groups -OCH3 is 1. The first-order valence-electron chi connectivity index (χ1n) is 8.01. The number of carbonyl (C=O) groups is 1. The van der Waals surface area contributed by atoms with Crippen molar-refractivity contribution >= 4 is 29.2 Å². The highest BCUT2D eigenvalue weighted by Crippen LogP contribution is 2.24. The molecule has 9 heteroatoms. The smallest absolute Gasteiger partial charge is 0.343 e. The second kappa shape index (κ2) is 8.53. The normalized spacial score (nSPS) is 28.9. The molecule has 7 nitrogen and oxygen atoms in total. The maximum Gasteiger partial charge on any atom is 0.343 e. The molecule has 0 atom stereocenters. The molecule has 4 aliphatic heterocycles. The van der Waals surface area contributed by atoms with Gasteiger partial charge in [0.2, 0.25) is 0 Å². The van der Waals surface area contributed by atoms with Gasteiger partial charge in [0.05, 0.1) is 53.0 Å². The Labute approximate surface area is 157 Å². The lowest BCUT2D eigenvalue weighted by Gasteiger charge is -2.56. The van der Waals surface area contributed by atoms with Gasteiger partial charge in [0, 0.05) is 10.6 Å². The average molecular weight is 389 g/mol. The predicted octanol–water partition coefficient (Wildman–Crippen LogP) is 1.61. The first kappa shape index (κ1) is 18.7. The van der Waals surface area contributed by atoms with Crippen molar-refractivity contribution in [2.24, 2.45) is 0 Å². The van der Waals surface area contributed by atoms with E-state index >= 15 is 0 Å². The van der Waals surface area contributed by atoms with Crippen LogP contribution < -0.4 is 4.74 Å². The fourth-order valence-electron chi connectivity index (χ4n) is 3.22. The molecule has 4 bridgehead atoms. The highest BCUT2D eigenvalue weighted by atomic mass is 35.5. The maximum absolute atomic E-state index is 10.8. The average Bonchev–Trinajstić information content (AvgIpc) is 2.59. The molecule has 0 saturated carbocycles. The van der Waals surface area contributed by atoms with Gasteiger partial charge >= 0.3 is 5.97 Å². The van der Waals surface area contributed by atoms with Gasteiger partial charge in [0.1, 0.15) is 5.75 Å². The molecule has 0 unspecified atom stereocenters. The molecule has 0 amide bonds. The summed E-state index contributed by atoms with van der Waals surface area (Å²) in [5.74, 6) is 0.377. The molecule has 4 fully saturated rings. The molecule has 0 aliphatic carbocycles. The lowest BCUT2D eigenvalue weighted by Crippen LogP contribution is -2.71. The van der Waals surface area contributed by atoms with Crippen molar-refractivity contribution in [1.82, 2.24) is 19.6 Å². The highest BCUT2D eigenvalue weighted by molar-refractivity contribution is 6.30. The molecule has 25 heavy (non-hydrogen) atoms. The number of esters is 1. The van der Waals surface area contributed by atoms with Gasteiger partial charge in [-0.05, 0) is 18.2 Å². The van der Waals surface area contributed by atoms with E-state index in [1.165, 1.54) is 47.1 Å². The van der Waals surface area contributed by atoms with Gasteiger partial charge in [0.25, 0.3) is 0 Å². The van der Waals surface area contributed by atoms with Crippen molar-refractivity contribution in [2.75, 3.05) is 53.7 Å². The Hall–Kier alpha value is -1.09. The number of hydrogen-bond acceptors (Lipinski definition) is 7. The molecular weight excluding hydrogens is 367 g/mol. The van der Waals surface area contributed by atoms with Crippen LogP contribution in [0.4, 0.5) is 0 Å². The summed E-state index contributed by atoms with van der Waals surface area (Å²) >= 11 is 11.5. The van der Waals surface area contributed by atoms with E-state index in [1.807, 2.05) is 0 Å². The monoisotopic (exact) mass is 388 g/mol. The zero-order valence-electron chi connectivity index (χ0n) is 14.2. The van der Waals surface area contributed by atoms with Crippen LogP contribution >= 0.6 is 23.2 Å². The second-order valence-electron chi connectivity index (χ2n) is 6.28. The summed E-state index contributed by atoms with van der Waals surface area (Å²) in [5, 5.41) is 0.580. The van der Waals surface area contributed by atoms with E-state index in [2.05, 4.69) is 24.3 Å². The topological polar surface area (TPSA) is 48.5 Å². The molecule has 4 heterocycles. The summed E-state index contributed by atoms with van der Waals surface area (Å²) in [7, 11) is 1.30. The molecule has 138 valence electrons. The maximum atomic E-state index is 10.8. The minimum Gasteiger partial charge on any atom is -0.482 e. The van der Waals surface area contributed by atoms with E-state index in [0.717, 1.165) is 5.56 Å². The molecule has 1 aromatic rings. The molecule has 4 aliphatic rings. The van der Waals surface area contributed by atoms with E-state index in [9.17, 15) is 4.79 Å². The van der Waals surface area contributed by atoms with Gasteiger partial charge < -0.3 is 9.47 Å². The van der Waals surface area contributed by atoms with Crippen molar-refractivity contribution < 1.29 is 14.3 Å². The van der Waals surface area contributed by atoms with Crippen molar-refractivity contribution in [3.05, 3.63) is 28.8 Å². The van der Waals surface area contributed by atoms with Gasteiger partial charge in [0.15, 0.2) is 6.61 Å². The SMILES string of the molecule is C1N2CN3CN1CN(C2)C3.COC(=O)COc1ccc(Cl)cc1CCl. The third-order valence-electron chi connectivity index (χ3n) is 4.14. The molecule has 0 radical (unpaired) electrons. The van der Waals surface area contributed by atoms with Gasteiger partial charge in [-0.2, -0.15) is 0 Å². The van der Waals surface area contributed by atoms with Crippen LogP contribution in [0.2, 0.25) is 5.02 Å². The van der Waals surface area contributed by atoms with Crippen LogP contribution in [-0.2, 0) is 15.4 Å². The second-order valence-corrected chi connectivity index (χ2v) is 6.99. The van der Waals surface area contributed by atoms with Crippen molar-refractivity contribution in [3.63, 3.8) is 0 Å². The number of ether oxygens (including phenoxy) is 2. The zero-order valence-corrected chi connectivity index (χ0v) is 15.7. The number of carbonyl (C=O) groups excluding carboxylic acids is 1. The number of hydrogen-bond donors (Lipinski definition) is 0. The van der Waals surface area contributed by atoms with Crippen LogP contribution in [0.1, 0.15) is 5.56 Å². The lowest BCUT2D eigenvalue weighted by molar-refractivity contribution is -0.194.